The van der Waals surface area contributed by atoms with Gasteiger partial charge in [-0.15, -0.1) is 30.6 Å². The summed E-state index contributed by atoms with van der Waals surface area (Å²) in [5.74, 6) is 2.20. The Bertz CT molecular complexity index is 457. The van der Waals surface area contributed by atoms with Crippen molar-refractivity contribution in [3.8, 4) is 5.88 Å². The van der Waals surface area contributed by atoms with Crippen molar-refractivity contribution in [2.45, 2.75) is 19.4 Å². The minimum absolute atomic E-state index is 0. The van der Waals surface area contributed by atoms with Crippen LogP contribution in [0.4, 0.5) is 0 Å². The Morgan fingerprint density at radius 2 is 2.29 bits per heavy atom. The van der Waals surface area contributed by atoms with E-state index >= 15 is 0 Å². The van der Waals surface area contributed by atoms with Gasteiger partial charge in [0.25, 0.3) is 0 Å². The monoisotopic (exact) mass is 402 g/mol. The smallest absolute Gasteiger partial charge is 0.213 e. The van der Waals surface area contributed by atoms with E-state index in [2.05, 4.69) is 27.2 Å². The molecule has 1 heterocycles. The molecule has 2 N–H and O–H groups in total. The minimum Gasteiger partial charge on any atom is -0.477 e. The summed E-state index contributed by atoms with van der Waals surface area (Å²) < 4.78 is 5.61. The number of guanidine groups is 1. The molecule has 1 aromatic rings. The molecule has 1 fully saturated rings. The average Bonchev–Trinajstić information content (AvgIpc) is 3.31. The Balaban J connectivity index is 0.00000220. The second-order valence-corrected chi connectivity index (χ2v) is 4.85. The fraction of sp³-hybridized carbons (Fsp3) is 0.467. The van der Waals surface area contributed by atoms with E-state index in [0.29, 0.717) is 19.0 Å². The van der Waals surface area contributed by atoms with E-state index in [1.807, 2.05) is 18.3 Å². The van der Waals surface area contributed by atoms with Crippen molar-refractivity contribution in [1.29, 1.82) is 0 Å². The third-order valence-electron chi connectivity index (χ3n) is 3.06. The Hall–Kier alpha value is -1.31. The third kappa shape index (κ3) is 6.79. The van der Waals surface area contributed by atoms with E-state index in [-0.39, 0.29) is 24.0 Å². The van der Waals surface area contributed by atoms with Gasteiger partial charge >= 0.3 is 0 Å². The summed E-state index contributed by atoms with van der Waals surface area (Å²) >= 11 is 0. The highest BCUT2D eigenvalue weighted by Gasteiger charge is 2.21. The summed E-state index contributed by atoms with van der Waals surface area (Å²) in [5.41, 5.74) is 1.09. The van der Waals surface area contributed by atoms with E-state index in [9.17, 15) is 0 Å². The molecule has 0 radical (unpaired) electrons. The molecule has 1 aromatic heterocycles. The first-order valence-corrected chi connectivity index (χ1v) is 6.95. The lowest BCUT2D eigenvalue weighted by Gasteiger charge is -2.10. The summed E-state index contributed by atoms with van der Waals surface area (Å²) in [6.45, 7) is 5.81. The first kappa shape index (κ1) is 17.7. The second-order valence-electron chi connectivity index (χ2n) is 4.85. The number of hydrogen-bond donors (Lipinski definition) is 2. The van der Waals surface area contributed by atoms with Crippen LogP contribution in [0, 0.1) is 5.92 Å². The molecule has 0 bridgehead atoms. The first-order chi connectivity index (χ1) is 9.81. The van der Waals surface area contributed by atoms with Crippen molar-refractivity contribution in [3.05, 3.63) is 36.5 Å². The maximum Gasteiger partial charge on any atom is 0.213 e. The van der Waals surface area contributed by atoms with Crippen LogP contribution in [0.3, 0.4) is 0 Å². The molecule has 2 rings (SSSR count). The van der Waals surface area contributed by atoms with Crippen molar-refractivity contribution in [1.82, 2.24) is 15.6 Å². The number of nitrogens with one attached hydrogen (secondary N) is 2. The normalized spacial score (nSPS) is 14.0. The van der Waals surface area contributed by atoms with E-state index in [4.69, 9.17) is 4.74 Å². The van der Waals surface area contributed by atoms with Gasteiger partial charge in [0.05, 0.1) is 6.61 Å². The van der Waals surface area contributed by atoms with Gasteiger partial charge in [-0.25, -0.2) is 4.98 Å². The van der Waals surface area contributed by atoms with Crippen LogP contribution in [-0.2, 0) is 6.54 Å². The standard InChI is InChI=1S/C15H22N4O.HI/c1-3-8-17-15(16-2)19-10-13-6-7-14(18-9-13)20-11-12-4-5-12;/h3,6-7,9,12H,1,4-5,8,10-11H2,2H3,(H2,16,17,19);1H. The Kier molecular flexibility index (Phi) is 8.11. The summed E-state index contributed by atoms with van der Waals surface area (Å²) in [7, 11) is 1.74. The zero-order valence-corrected chi connectivity index (χ0v) is 14.7. The average molecular weight is 402 g/mol. The van der Waals surface area contributed by atoms with Crippen molar-refractivity contribution in [2.24, 2.45) is 10.9 Å². The van der Waals surface area contributed by atoms with Gasteiger partial charge in [-0.2, -0.15) is 0 Å². The Labute approximate surface area is 143 Å². The number of rotatable bonds is 7. The molecule has 1 aliphatic carbocycles. The molecule has 1 saturated carbocycles. The number of halogens is 1. The van der Waals surface area contributed by atoms with Gasteiger partial charge in [-0.05, 0) is 24.3 Å². The number of ether oxygens (including phenoxy) is 1. The molecule has 0 aliphatic heterocycles. The number of aromatic nitrogens is 1. The molecule has 0 unspecified atom stereocenters. The van der Waals surface area contributed by atoms with Gasteiger partial charge in [0.1, 0.15) is 0 Å². The molecule has 0 aromatic carbocycles. The van der Waals surface area contributed by atoms with Crippen LogP contribution in [0.15, 0.2) is 36.0 Å². The fourth-order valence-electron chi connectivity index (χ4n) is 1.66. The molecule has 0 amide bonds. The fourth-order valence-corrected chi connectivity index (χ4v) is 1.66. The lowest BCUT2D eigenvalue weighted by molar-refractivity contribution is 0.288. The quantitative estimate of drug-likeness (QED) is 0.318. The summed E-state index contributed by atoms with van der Waals surface area (Å²) in [5, 5.41) is 6.33. The molecule has 6 heteroatoms. The molecule has 21 heavy (non-hydrogen) atoms. The van der Waals surface area contributed by atoms with Crippen molar-refractivity contribution in [3.63, 3.8) is 0 Å². The number of pyridine rings is 1. The number of aliphatic imine (C=N–C) groups is 1. The third-order valence-corrected chi connectivity index (χ3v) is 3.06. The van der Waals surface area contributed by atoms with Gasteiger partial charge < -0.3 is 15.4 Å². The summed E-state index contributed by atoms with van der Waals surface area (Å²) in [6.07, 6.45) is 6.20. The highest BCUT2D eigenvalue weighted by Crippen LogP contribution is 2.29. The van der Waals surface area contributed by atoms with Crippen LogP contribution < -0.4 is 15.4 Å². The van der Waals surface area contributed by atoms with Crippen molar-refractivity contribution >= 4 is 29.9 Å². The molecule has 0 atom stereocenters. The zero-order chi connectivity index (χ0) is 14.2. The lowest BCUT2D eigenvalue weighted by atomic mass is 10.3. The minimum atomic E-state index is 0. The summed E-state index contributed by atoms with van der Waals surface area (Å²) in [4.78, 5) is 8.42. The number of nitrogens with zero attached hydrogens (tertiary/aromatic N) is 2. The van der Waals surface area contributed by atoms with Gasteiger partial charge in [0.2, 0.25) is 5.88 Å². The van der Waals surface area contributed by atoms with Gasteiger partial charge in [-0.3, -0.25) is 4.99 Å². The molecular formula is C15H23IN4O. The Morgan fingerprint density at radius 3 is 2.86 bits per heavy atom. The SMILES string of the molecule is C=CCNC(=NC)NCc1ccc(OCC2CC2)nc1.I. The van der Waals surface area contributed by atoms with Gasteiger partial charge in [0.15, 0.2) is 5.96 Å². The predicted molar refractivity (Wildman–Crippen MR) is 96.3 cm³/mol. The van der Waals surface area contributed by atoms with Crippen LogP contribution >= 0.6 is 24.0 Å². The van der Waals surface area contributed by atoms with Gasteiger partial charge in [0, 0.05) is 32.4 Å². The summed E-state index contributed by atoms with van der Waals surface area (Å²) in [6, 6.07) is 3.93. The van der Waals surface area contributed by atoms with Crippen LogP contribution in [0.5, 0.6) is 5.88 Å². The lowest BCUT2D eigenvalue weighted by Crippen LogP contribution is -2.36. The second kappa shape index (κ2) is 9.59. The molecule has 0 spiro atoms. The topological polar surface area (TPSA) is 58.5 Å². The van der Waals surface area contributed by atoms with Crippen molar-refractivity contribution < 1.29 is 4.74 Å². The van der Waals surface area contributed by atoms with E-state index < -0.39 is 0 Å². The highest BCUT2D eigenvalue weighted by molar-refractivity contribution is 14.0. The van der Waals surface area contributed by atoms with Crippen LogP contribution in [-0.4, -0.2) is 31.1 Å². The number of hydrogen-bond acceptors (Lipinski definition) is 3. The first-order valence-electron chi connectivity index (χ1n) is 6.95. The molecular weight excluding hydrogens is 379 g/mol. The van der Waals surface area contributed by atoms with Gasteiger partial charge in [-0.1, -0.05) is 12.1 Å². The molecule has 5 nitrogen and oxygen atoms in total. The van der Waals surface area contributed by atoms with Crippen molar-refractivity contribution in [2.75, 3.05) is 20.2 Å². The van der Waals surface area contributed by atoms with E-state index in [1.54, 1.807) is 13.1 Å². The van der Waals surface area contributed by atoms with E-state index in [0.717, 1.165) is 24.0 Å². The van der Waals surface area contributed by atoms with Crippen LogP contribution in [0.2, 0.25) is 0 Å². The predicted octanol–water partition coefficient (Wildman–Crippen LogP) is 2.34. The maximum atomic E-state index is 5.61. The maximum absolute atomic E-state index is 5.61. The zero-order valence-electron chi connectivity index (χ0n) is 12.3. The molecule has 0 saturated heterocycles. The largest absolute Gasteiger partial charge is 0.477 e. The van der Waals surface area contributed by atoms with E-state index in [1.165, 1.54) is 12.8 Å². The Morgan fingerprint density at radius 1 is 1.48 bits per heavy atom. The molecule has 116 valence electrons. The van der Waals surface area contributed by atoms with Crippen LogP contribution in [0.1, 0.15) is 18.4 Å². The molecule has 1 aliphatic rings. The highest BCUT2D eigenvalue weighted by atomic mass is 127. The van der Waals surface area contributed by atoms with Crippen LogP contribution in [0.25, 0.3) is 0 Å².